The molecule has 9 aromatic carbocycles. The van der Waals surface area contributed by atoms with E-state index in [-0.39, 0.29) is 39.2 Å². The molecule has 13 rings (SSSR count). The average molecular weight is 1120 g/mol. The zero-order chi connectivity index (χ0) is 60.2. The van der Waals surface area contributed by atoms with Gasteiger partial charge in [0.25, 0.3) is 6.71 Å². The van der Waals surface area contributed by atoms with Gasteiger partial charge in [0.1, 0.15) is 0 Å². The molecule has 0 saturated carbocycles. The summed E-state index contributed by atoms with van der Waals surface area (Å²) in [5, 5.41) is 2.48. The third-order valence-corrected chi connectivity index (χ3v) is 19.6. The molecule has 0 atom stereocenters. The molecule has 1 aliphatic carbocycles. The van der Waals surface area contributed by atoms with Gasteiger partial charge in [-0.05, 0) is 205 Å². The van der Waals surface area contributed by atoms with Gasteiger partial charge in [0.15, 0.2) is 0 Å². The topological polar surface area (TPSA) is 14.7 Å². The lowest BCUT2D eigenvalue weighted by molar-refractivity contribution is 0.332. The normalized spacial score (nSPS) is 15.4. The summed E-state index contributed by atoms with van der Waals surface area (Å²) in [4.78, 5) is 7.88. The van der Waals surface area contributed by atoms with Crippen LogP contribution in [0.15, 0.2) is 176 Å². The molecule has 10 aromatic rings. The van der Waals surface area contributed by atoms with E-state index in [9.17, 15) is 0 Å². The van der Waals surface area contributed by atoms with Crippen LogP contribution in [-0.4, -0.2) is 11.3 Å². The van der Waals surface area contributed by atoms with E-state index in [2.05, 4.69) is 320 Å². The number of hydrogen-bond acceptors (Lipinski definition) is 3. The van der Waals surface area contributed by atoms with Gasteiger partial charge in [-0.25, -0.2) is 0 Å². The number of fused-ring (bicyclic) bond motifs is 8. The van der Waals surface area contributed by atoms with E-state index in [1.54, 1.807) is 0 Å². The highest BCUT2D eigenvalue weighted by Gasteiger charge is 2.46. The minimum absolute atomic E-state index is 0.000787. The number of hydrogen-bond donors (Lipinski definition) is 0. The maximum absolute atomic E-state index is 2.69. The van der Waals surface area contributed by atoms with Crippen molar-refractivity contribution in [1.29, 1.82) is 0 Å². The fourth-order valence-electron chi connectivity index (χ4n) is 14.5. The van der Waals surface area contributed by atoms with E-state index in [1.165, 1.54) is 117 Å². The Hall–Kier alpha value is -7.76. The van der Waals surface area contributed by atoms with Crippen molar-refractivity contribution in [2.75, 3.05) is 14.7 Å². The van der Waals surface area contributed by atoms with Crippen molar-refractivity contribution in [3.05, 3.63) is 220 Å². The smallest absolute Gasteiger partial charge is 0.252 e. The molecule has 0 unspecified atom stereocenters. The predicted molar refractivity (Wildman–Crippen MR) is 369 cm³/mol. The van der Waals surface area contributed by atoms with Crippen molar-refractivity contribution in [3.63, 3.8) is 0 Å². The highest BCUT2D eigenvalue weighted by atomic mass is 15.2. The summed E-state index contributed by atoms with van der Waals surface area (Å²) >= 11 is 0. The van der Waals surface area contributed by atoms with Gasteiger partial charge in [-0.2, -0.15) is 0 Å². The van der Waals surface area contributed by atoms with Gasteiger partial charge in [-0.15, -0.1) is 0 Å². The number of aromatic nitrogens is 1. The maximum atomic E-state index is 2.69. The lowest BCUT2D eigenvalue weighted by atomic mass is 9.33. The Balaban J connectivity index is 1.13. The SMILES string of the molecule is Cc1cc(C(C)(C)C)cc(C)c1N1c2ccc(C(C)(C)C)cc2B2c3ccc(N(c4ccc(C(C)(C)C)cc4)c4ccc5c6ccccc6n(-c6ccccc6)c5c4)cc3N(c3ccc4c(c3)C(C)(C)CCC4(C)C)c3cc(C(C)(C)C)cc1c32. The molecule has 4 nitrogen and oxygen atoms in total. The fourth-order valence-corrected chi connectivity index (χ4v) is 14.5. The van der Waals surface area contributed by atoms with E-state index in [1.807, 2.05) is 0 Å². The van der Waals surface area contributed by atoms with Crippen LogP contribution in [0.1, 0.15) is 168 Å². The first-order chi connectivity index (χ1) is 40.0. The summed E-state index contributed by atoms with van der Waals surface area (Å²) in [5.74, 6) is 0. The van der Waals surface area contributed by atoms with Crippen LogP contribution >= 0.6 is 0 Å². The van der Waals surface area contributed by atoms with Crippen LogP contribution in [0.4, 0.5) is 51.2 Å². The van der Waals surface area contributed by atoms with Gasteiger partial charge in [-0.1, -0.05) is 202 Å². The van der Waals surface area contributed by atoms with Crippen molar-refractivity contribution < 1.29 is 0 Å². The van der Waals surface area contributed by atoms with Gasteiger partial charge in [-0.3, -0.25) is 0 Å². The van der Waals surface area contributed by atoms with E-state index in [4.69, 9.17) is 0 Å². The first-order valence-corrected chi connectivity index (χ1v) is 31.3. The molecule has 0 N–H and O–H groups in total. The quantitative estimate of drug-likeness (QED) is 0.154. The Kier molecular flexibility index (Phi) is 12.9. The lowest BCUT2D eigenvalue weighted by Crippen LogP contribution is -2.61. The molecular weight excluding hydrogens is 1030 g/mol. The van der Waals surface area contributed by atoms with E-state index < -0.39 is 0 Å². The second kappa shape index (κ2) is 19.4. The zero-order valence-corrected chi connectivity index (χ0v) is 54.0. The van der Waals surface area contributed by atoms with Gasteiger partial charge in [0.2, 0.25) is 0 Å². The molecule has 0 radical (unpaired) electrons. The molecule has 3 aliphatic rings. The first-order valence-electron chi connectivity index (χ1n) is 31.3. The van der Waals surface area contributed by atoms with E-state index >= 15 is 0 Å². The first kappa shape index (κ1) is 56.4. The summed E-state index contributed by atoms with van der Waals surface area (Å²) in [7, 11) is 0. The molecule has 5 heteroatoms. The molecule has 430 valence electrons. The van der Waals surface area contributed by atoms with Crippen molar-refractivity contribution >= 4 is 96.1 Å². The largest absolute Gasteiger partial charge is 0.311 e. The molecule has 0 fully saturated rings. The van der Waals surface area contributed by atoms with Crippen molar-refractivity contribution in [2.45, 2.75) is 170 Å². The van der Waals surface area contributed by atoms with Gasteiger partial charge < -0.3 is 19.3 Å². The van der Waals surface area contributed by atoms with Crippen molar-refractivity contribution in [3.8, 4) is 5.69 Å². The van der Waals surface area contributed by atoms with Crippen LogP contribution < -0.4 is 31.1 Å². The monoisotopic (exact) mass is 1110 g/mol. The molecular formula is C80H87BN4. The highest BCUT2D eigenvalue weighted by Crippen LogP contribution is 2.53. The van der Waals surface area contributed by atoms with Crippen LogP contribution in [0.25, 0.3) is 27.5 Å². The summed E-state index contributed by atoms with van der Waals surface area (Å²) in [6, 6.07) is 68.8. The number of nitrogens with zero attached hydrogens (tertiary/aromatic N) is 4. The fraction of sp³-hybridized carbons (Fsp3) is 0.325. The second-order valence-electron chi connectivity index (χ2n) is 30.8. The predicted octanol–water partition coefficient (Wildman–Crippen LogP) is 20.5. The number of anilines is 9. The summed E-state index contributed by atoms with van der Waals surface area (Å²) in [5.41, 5.74) is 28.9. The molecule has 3 heterocycles. The Labute approximate surface area is 508 Å². The molecule has 0 amide bonds. The molecule has 0 bridgehead atoms. The minimum Gasteiger partial charge on any atom is -0.311 e. The number of para-hydroxylation sites is 2. The second-order valence-corrected chi connectivity index (χ2v) is 30.8. The number of rotatable bonds is 6. The molecule has 0 spiro atoms. The van der Waals surface area contributed by atoms with Crippen LogP contribution in [0.5, 0.6) is 0 Å². The Morgan fingerprint density at radius 2 is 0.929 bits per heavy atom. The summed E-state index contributed by atoms with van der Waals surface area (Å²) in [6.45, 7) is 42.7. The van der Waals surface area contributed by atoms with Crippen molar-refractivity contribution in [2.24, 2.45) is 0 Å². The average Bonchev–Trinajstić information content (AvgIpc) is 1.25. The maximum Gasteiger partial charge on any atom is 0.252 e. The van der Waals surface area contributed by atoms with E-state index in [0.717, 1.165) is 35.6 Å². The van der Waals surface area contributed by atoms with Gasteiger partial charge >= 0.3 is 0 Å². The van der Waals surface area contributed by atoms with Crippen molar-refractivity contribution in [1.82, 2.24) is 4.57 Å². The van der Waals surface area contributed by atoms with Crippen LogP contribution in [0.3, 0.4) is 0 Å². The third kappa shape index (κ3) is 9.33. The molecule has 0 saturated heterocycles. The standard InChI is InChI=1S/C80H87BN4/c1-50-42-54(77(9,10)11)43-51(2)74(50)85-68-39-30-53(76(6,7)8)44-66(68)81-65-38-35-60(49-70(65)84(71-45-55(78(12,13)14)46-72(85)73(71)81)58-34-37-63-64(47-58)80(17,18)41-40-79(63,15)16)82(57-31-28-52(29-32-57)75(3,4)5)59-33-36-62-61-26-22-23-27-67(61)83(69(62)48-59)56-24-20-19-21-25-56/h19-39,42-49H,40-41H2,1-18H3. The lowest BCUT2D eigenvalue weighted by Gasteiger charge is -2.47. The van der Waals surface area contributed by atoms with Crippen LogP contribution in [0.2, 0.25) is 0 Å². The van der Waals surface area contributed by atoms with E-state index in [0.29, 0.717) is 0 Å². The number of aryl methyl sites for hydroxylation is 2. The van der Waals surface area contributed by atoms with Crippen LogP contribution in [0, 0.1) is 13.8 Å². The van der Waals surface area contributed by atoms with Gasteiger partial charge in [0, 0.05) is 62.0 Å². The summed E-state index contributed by atoms with van der Waals surface area (Å²) < 4.78 is 2.45. The molecule has 85 heavy (non-hydrogen) atoms. The molecule has 2 aliphatic heterocycles. The van der Waals surface area contributed by atoms with Gasteiger partial charge in [0.05, 0.1) is 16.7 Å². The number of benzene rings is 9. The zero-order valence-electron chi connectivity index (χ0n) is 54.0. The Bertz CT molecular complexity index is 4290. The van der Waals surface area contributed by atoms with Crippen LogP contribution in [-0.2, 0) is 32.5 Å². The Morgan fingerprint density at radius 1 is 0.388 bits per heavy atom. The highest BCUT2D eigenvalue weighted by molar-refractivity contribution is 7.00. The summed E-state index contributed by atoms with van der Waals surface area (Å²) in [6.07, 6.45) is 2.30. The minimum atomic E-state index is -0.171. The third-order valence-electron chi connectivity index (χ3n) is 19.6. The molecule has 1 aromatic heterocycles. The Morgan fingerprint density at radius 3 is 1.58 bits per heavy atom.